The minimum Gasteiger partial charge on any atom is -0.478 e. The molecule has 2 aromatic carbocycles. The zero-order chi connectivity index (χ0) is 14.7. The van der Waals surface area contributed by atoms with Crippen LogP contribution in [0.3, 0.4) is 0 Å². The molecule has 0 unspecified atom stereocenters. The van der Waals surface area contributed by atoms with Crippen molar-refractivity contribution in [1.29, 1.82) is 0 Å². The molecule has 0 spiro atoms. The van der Waals surface area contributed by atoms with Gasteiger partial charge in [-0.15, -0.1) is 10.2 Å². The van der Waals surface area contributed by atoms with Crippen molar-refractivity contribution in [2.75, 3.05) is 0 Å². The van der Waals surface area contributed by atoms with Gasteiger partial charge in [-0.3, -0.25) is 0 Å². The third-order valence-electron chi connectivity index (χ3n) is 3.02. The Morgan fingerprint density at radius 2 is 1.86 bits per heavy atom. The zero-order valence-corrected chi connectivity index (χ0v) is 11.1. The first-order valence-corrected chi connectivity index (χ1v) is 6.42. The fourth-order valence-corrected chi connectivity index (χ4v) is 2.00. The van der Waals surface area contributed by atoms with Gasteiger partial charge in [0.1, 0.15) is 0 Å². The Bertz CT molecular complexity index is 766. The molecule has 1 aromatic heterocycles. The van der Waals surface area contributed by atoms with E-state index in [1.54, 1.807) is 12.1 Å². The Balaban J connectivity index is 1.85. The molecule has 21 heavy (non-hydrogen) atoms. The lowest BCUT2D eigenvalue weighted by atomic mass is 10.1. The number of nitrogens with zero attached hydrogens (tertiary/aromatic N) is 2. The van der Waals surface area contributed by atoms with E-state index in [2.05, 4.69) is 10.2 Å². The maximum absolute atomic E-state index is 11.0. The third kappa shape index (κ3) is 2.97. The molecule has 0 aliphatic rings. The van der Waals surface area contributed by atoms with Gasteiger partial charge >= 0.3 is 5.97 Å². The van der Waals surface area contributed by atoms with E-state index in [1.165, 1.54) is 12.1 Å². The second kappa shape index (κ2) is 5.58. The van der Waals surface area contributed by atoms with Gasteiger partial charge in [-0.1, -0.05) is 36.4 Å². The summed E-state index contributed by atoms with van der Waals surface area (Å²) in [5, 5.41) is 17.0. The Kier molecular flexibility index (Phi) is 3.47. The van der Waals surface area contributed by atoms with Gasteiger partial charge in [0.25, 0.3) is 0 Å². The van der Waals surface area contributed by atoms with E-state index >= 15 is 0 Å². The van der Waals surface area contributed by atoms with Crippen LogP contribution in [0.15, 0.2) is 59.0 Å². The lowest BCUT2D eigenvalue weighted by Gasteiger charge is -1.97. The molecule has 0 atom stereocenters. The Morgan fingerprint density at radius 1 is 1.05 bits per heavy atom. The second-order valence-corrected chi connectivity index (χ2v) is 4.55. The van der Waals surface area contributed by atoms with Gasteiger partial charge in [0.2, 0.25) is 11.8 Å². The quantitative estimate of drug-likeness (QED) is 0.795. The van der Waals surface area contributed by atoms with Gasteiger partial charge in [-0.25, -0.2) is 4.79 Å². The van der Waals surface area contributed by atoms with Gasteiger partial charge in [-0.05, 0) is 23.8 Å². The molecule has 0 amide bonds. The Morgan fingerprint density at radius 3 is 2.62 bits per heavy atom. The highest BCUT2D eigenvalue weighted by Gasteiger charge is 2.11. The fraction of sp³-hybridized carbons (Fsp3) is 0.0625. The van der Waals surface area contributed by atoms with Gasteiger partial charge in [0.05, 0.1) is 12.0 Å². The number of hydrogen-bond acceptors (Lipinski definition) is 4. The summed E-state index contributed by atoms with van der Waals surface area (Å²) in [6.07, 6.45) is 0.548. The largest absolute Gasteiger partial charge is 0.478 e. The van der Waals surface area contributed by atoms with Crippen LogP contribution in [0, 0.1) is 0 Å². The van der Waals surface area contributed by atoms with E-state index in [4.69, 9.17) is 9.52 Å². The molecule has 5 nitrogen and oxygen atoms in total. The number of carbonyl (C=O) groups is 1. The Hall–Kier alpha value is -2.95. The predicted molar refractivity (Wildman–Crippen MR) is 75.9 cm³/mol. The van der Waals surface area contributed by atoms with Gasteiger partial charge in [0, 0.05) is 5.56 Å². The summed E-state index contributed by atoms with van der Waals surface area (Å²) in [4.78, 5) is 11.0. The van der Waals surface area contributed by atoms with E-state index in [-0.39, 0.29) is 5.56 Å². The average Bonchev–Trinajstić information content (AvgIpc) is 2.97. The minimum absolute atomic E-state index is 0.190. The lowest BCUT2D eigenvalue weighted by Crippen LogP contribution is -1.95. The van der Waals surface area contributed by atoms with Crippen LogP contribution in [0.4, 0.5) is 0 Å². The molecule has 0 saturated heterocycles. The van der Waals surface area contributed by atoms with E-state index in [9.17, 15) is 4.79 Å². The van der Waals surface area contributed by atoms with Crippen molar-refractivity contribution in [3.8, 4) is 11.5 Å². The SMILES string of the molecule is O=C(O)c1cccc(-c2nnc(Cc3ccccc3)o2)c1. The summed E-state index contributed by atoms with van der Waals surface area (Å²) in [6, 6.07) is 16.2. The van der Waals surface area contributed by atoms with Crippen LogP contribution in [0.1, 0.15) is 21.8 Å². The van der Waals surface area contributed by atoms with E-state index in [0.29, 0.717) is 23.8 Å². The molecule has 3 rings (SSSR count). The number of carboxylic acid groups (broad SMARTS) is 1. The molecular weight excluding hydrogens is 268 g/mol. The van der Waals surface area contributed by atoms with Crippen molar-refractivity contribution in [3.63, 3.8) is 0 Å². The smallest absolute Gasteiger partial charge is 0.335 e. The normalized spacial score (nSPS) is 10.5. The molecule has 5 heteroatoms. The summed E-state index contributed by atoms with van der Waals surface area (Å²) in [6.45, 7) is 0. The minimum atomic E-state index is -0.985. The Labute approximate surface area is 120 Å². The summed E-state index contributed by atoms with van der Waals surface area (Å²) >= 11 is 0. The monoisotopic (exact) mass is 280 g/mol. The summed E-state index contributed by atoms with van der Waals surface area (Å²) in [5.74, 6) is -0.165. The first kappa shape index (κ1) is 13.1. The standard InChI is InChI=1S/C16H12N2O3/c19-16(20)13-8-4-7-12(10-13)15-18-17-14(21-15)9-11-5-2-1-3-6-11/h1-8,10H,9H2,(H,19,20). The highest BCUT2D eigenvalue weighted by Crippen LogP contribution is 2.20. The fourth-order valence-electron chi connectivity index (χ4n) is 2.00. The maximum atomic E-state index is 11.0. The van der Waals surface area contributed by atoms with E-state index in [0.717, 1.165) is 5.56 Å². The van der Waals surface area contributed by atoms with Crippen LogP contribution in [0.5, 0.6) is 0 Å². The molecule has 0 bridgehead atoms. The predicted octanol–water partition coefficient (Wildman–Crippen LogP) is 3.03. The second-order valence-electron chi connectivity index (χ2n) is 4.55. The molecule has 0 fully saturated rings. The van der Waals surface area contributed by atoms with Crippen molar-refractivity contribution in [3.05, 3.63) is 71.6 Å². The first-order chi connectivity index (χ1) is 10.2. The molecule has 0 saturated carbocycles. The highest BCUT2D eigenvalue weighted by atomic mass is 16.4. The molecule has 3 aromatic rings. The molecule has 0 aliphatic heterocycles. The highest BCUT2D eigenvalue weighted by molar-refractivity contribution is 5.88. The van der Waals surface area contributed by atoms with E-state index in [1.807, 2.05) is 30.3 Å². The van der Waals surface area contributed by atoms with E-state index < -0.39 is 5.97 Å². The van der Waals surface area contributed by atoms with Crippen molar-refractivity contribution in [2.45, 2.75) is 6.42 Å². The molecule has 1 heterocycles. The number of rotatable bonds is 4. The van der Waals surface area contributed by atoms with Crippen molar-refractivity contribution >= 4 is 5.97 Å². The zero-order valence-electron chi connectivity index (χ0n) is 11.1. The number of hydrogen-bond donors (Lipinski definition) is 1. The van der Waals surface area contributed by atoms with Crippen LogP contribution in [-0.2, 0) is 6.42 Å². The van der Waals surface area contributed by atoms with Crippen LogP contribution in [0.25, 0.3) is 11.5 Å². The molecule has 104 valence electrons. The van der Waals surface area contributed by atoms with Crippen molar-refractivity contribution in [1.82, 2.24) is 10.2 Å². The number of carboxylic acids is 1. The topological polar surface area (TPSA) is 76.2 Å². The van der Waals surface area contributed by atoms with Gasteiger partial charge < -0.3 is 9.52 Å². The van der Waals surface area contributed by atoms with Gasteiger partial charge in [-0.2, -0.15) is 0 Å². The molecule has 0 aliphatic carbocycles. The summed E-state index contributed by atoms with van der Waals surface area (Å²) in [5.41, 5.74) is 1.86. The number of aromatic nitrogens is 2. The van der Waals surface area contributed by atoms with Crippen molar-refractivity contribution in [2.24, 2.45) is 0 Å². The van der Waals surface area contributed by atoms with Gasteiger partial charge in [0.15, 0.2) is 0 Å². The van der Waals surface area contributed by atoms with Crippen LogP contribution >= 0.6 is 0 Å². The van der Waals surface area contributed by atoms with Crippen LogP contribution < -0.4 is 0 Å². The molecule has 1 N–H and O–H groups in total. The number of benzene rings is 2. The van der Waals surface area contributed by atoms with Crippen LogP contribution in [-0.4, -0.2) is 21.3 Å². The average molecular weight is 280 g/mol. The first-order valence-electron chi connectivity index (χ1n) is 6.42. The van der Waals surface area contributed by atoms with Crippen LogP contribution in [0.2, 0.25) is 0 Å². The molecule has 0 radical (unpaired) electrons. The maximum Gasteiger partial charge on any atom is 0.335 e. The molecular formula is C16H12N2O3. The lowest BCUT2D eigenvalue weighted by molar-refractivity contribution is 0.0697. The third-order valence-corrected chi connectivity index (χ3v) is 3.02. The summed E-state index contributed by atoms with van der Waals surface area (Å²) < 4.78 is 5.59. The summed E-state index contributed by atoms with van der Waals surface area (Å²) in [7, 11) is 0. The number of aromatic carboxylic acids is 1. The van der Waals surface area contributed by atoms with Crippen molar-refractivity contribution < 1.29 is 14.3 Å².